The van der Waals surface area contributed by atoms with Gasteiger partial charge in [-0.05, 0) is 0 Å². The molecule has 0 rings (SSSR count). The second kappa shape index (κ2) is 37.6. The van der Waals surface area contributed by atoms with Gasteiger partial charge in [0.25, 0.3) is 0 Å². The fourth-order valence-corrected chi connectivity index (χ4v) is 0. The summed E-state index contributed by atoms with van der Waals surface area (Å²) in [6.45, 7) is 0. The van der Waals surface area contributed by atoms with E-state index in [1.807, 2.05) is 0 Å². The molecular weight excluding hydrogens is 227 g/mol. The van der Waals surface area contributed by atoms with Crippen molar-refractivity contribution in [2.75, 3.05) is 0 Å². The molecule has 0 aliphatic heterocycles. The molecule has 0 aromatic heterocycles. The molecule has 0 saturated heterocycles. The molecule has 0 radical (unpaired) electrons. The van der Waals surface area contributed by atoms with Gasteiger partial charge in [-0.1, -0.05) is 0 Å². The van der Waals surface area contributed by atoms with E-state index in [1.165, 1.54) is 0 Å². The maximum atomic E-state index is 0. The third-order valence-electron chi connectivity index (χ3n) is 0. The molecule has 5 heteroatoms. The zero-order valence-corrected chi connectivity index (χ0v) is 5.76. The van der Waals surface area contributed by atoms with E-state index in [1.54, 1.807) is 0 Å². The summed E-state index contributed by atoms with van der Waals surface area (Å²) >= 11 is 0. The molecule has 3 nitrogen and oxygen atoms in total. The van der Waals surface area contributed by atoms with E-state index < -0.39 is 0 Å². The van der Waals surface area contributed by atoms with Gasteiger partial charge >= 0.3 is 66.7 Å². The minimum atomic E-state index is 0. The van der Waals surface area contributed by atoms with Crippen molar-refractivity contribution in [2.24, 2.45) is 0 Å². The molecule has 0 N–H and O–H groups in total. The van der Waals surface area contributed by atoms with E-state index in [4.69, 9.17) is 0 Å². The predicted molar refractivity (Wildman–Crippen MR) is 7.81 cm³/mol. The van der Waals surface area contributed by atoms with E-state index >= 15 is 0 Å². The van der Waals surface area contributed by atoms with Gasteiger partial charge in [-0.2, -0.15) is 0 Å². The van der Waals surface area contributed by atoms with Gasteiger partial charge in [0.05, 0.1) is 0 Å². The van der Waals surface area contributed by atoms with Crippen LogP contribution in [0.2, 0.25) is 0 Å². The summed E-state index contributed by atoms with van der Waals surface area (Å²) in [5.74, 6) is 0. The summed E-state index contributed by atoms with van der Waals surface area (Å²) in [6.07, 6.45) is 0. The smallest absolute Gasteiger partial charge is 2.00 e. The van der Waals surface area contributed by atoms with Gasteiger partial charge in [0.1, 0.15) is 0 Å². The van der Waals surface area contributed by atoms with Crippen molar-refractivity contribution in [1.29, 1.82) is 0 Å². The van der Waals surface area contributed by atoms with Crippen LogP contribution in [0, 0.1) is 49.4 Å². The van der Waals surface area contributed by atoms with Gasteiger partial charge in [-0.3, -0.25) is 0 Å². The summed E-state index contributed by atoms with van der Waals surface area (Å²) in [5, 5.41) is 0. The second-order valence-corrected chi connectivity index (χ2v) is 0. The Balaban J connectivity index is 0. The predicted octanol–water partition coefficient (Wildman–Crippen LogP) is -0.737. The Morgan fingerprint density at radius 2 is 0.600 bits per heavy atom. The first-order valence-electron chi connectivity index (χ1n) is 0. The summed E-state index contributed by atoms with van der Waals surface area (Å²) in [5.41, 5.74) is 0. The van der Waals surface area contributed by atoms with Crippen molar-refractivity contribution >= 4 is 17.4 Å². The third-order valence-corrected chi connectivity index (χ3v) is 0. The maximum Gasteiger partial charge on any atom is 3.00 e. The molecule has 0 atom stereocenters. The Morgan fingerprint density at radius 1 is 0.600 bits per heavy atom. The molecule has 0 aromatic rings. The minimum Gasteiger partial charge on any atom is -2.00 e. The molecule has 0 heterocycles. The molecule has 28 valence electrons. The average molecular weight is 227 g/mol. The zero-order chi connectivity index (χ0) is 0. The Morgan fingerprint density at radius 3 is 0.600 bits per heavy atom. The van der Waals surface area contributed by atoms with E-state index in [-0.39, 0.29) is 83.2 Å². The van der Waals surface area contributed by atoms with Crippen LogP contribution >= 0.6 is 0 Å². The quantitative estimate of drug-likeness (QED) is 0.488. The molecule has 0 saturated carbocycles. The molecule has 5 heavy (non-hydrogen) atoms. The van der Waals surface area contributed by atoms with Crippen molar-refractivity contribution in [1.82, 2.24) is 0 Å². The molecule has 0 unspecified atom stereocenters. The second-order valence-electron chi connectivity index (χ2n) is 0. The van der Waals surface area contributed by atoms with Gasteiger partial charge in [0.2, 0.25) is 0 Å². The SMILES string of the molecule is [Al+3].[Eu+3].[O-2].[O-2].[O-2]. The van der Waals surface area contributed by atoms with Gasteiger partial charge in [0.15, 0.2) is 0 Å². The maximum absolute atomic E-state index is 0. The van der Waals surface area contributed by atoms with Crippen LogP contribution in [0.5, 0.6) is 0 Å². The normalized spacial score (nSPS) is 0. The van der Waals surface area contributed by atoms with Gasteiger partial charge in [0, 0.05) is 0 Å². The molecule has 0 aliphatic carbocycles. The fourth-order valence-electron chi connectivity index (χ4n) is 0. The van der Waals surface area contributed by atoms with Crippen molar-refractivity contribution in [3.8, 4) is 0 Å². The van der Waals surface area contributed by atoms with Crippen LogP contribution in [0.4, 0.5) is 0 Å². The number of hydrogen-bond donors (Lipinski definition) is 0. The van der Waals surface area contributed by atoms with Crippen LogP contribution < -0.4 is 0 Å². The number of rotatable bonds is 0. The van der Waals surface area contributed by atoms with Crippen molar-refractivity contribution in [2.45, 2.75) is 0 Å². The minimum absolute atomic E-state index is 0. The van der Waals surface area contributed by atoms with E-state index in [2.05, 4.69) is 0 Å². The fraction of sp³-hybridized carbons (Fsp3) is 0. The summed E-state index contributed by atoms with van der Waals surface area (Å²) in [7, 11) is 0. The molecule has 0 aliphatic rings. The molecule has 0 fully saturated rings. The third kappa shape index (κ3) is 24.0. The number of hydrogen-bond acceptors (Lipinski definition) is 0. The first kappa shape index (κ1) is 63.1. The molecule has 0 amide bonds. The van der Waals surface area contributed by atoms with Crippen molar-refractivity contribution < 1.29 is 65.8 Å². The van der Waals surface area contributed by atoms with Crippen molar-refractivity contribution in [3.05, 3.63) is 0 Å². The Bertz CT molecular complexity index is 6.85. The molecule has 0 bridgehead atoms. The molecule has 0 aromatic carbocycles. The summed E-state index contributed by atoms with van der Waals surface area (Å²) < 4.78 is 0. The molecule has 0 spiro atoms. The van der Waals surface area contributed by atoms with Crippen LogP contribution in [0.15, 0.2) is 0 Å². The van der Waals surface area contributed by atoms with Crippen LogP contribution in [-0.2, 0) is 16.4 Å². The monoisotopic (exact) mass is 228 g/mol. The standard InChI is InChI=1S/Al.Eu.3O/q2*+3;3*-2. The average Bonchev–Trinajstić information content (AvgIpc) is 0. The largest absolute Gasteiger partial charge is 3.00 e. The van der Waals surface area contributed by atoms with E-state index in [9.17, 15) is 0 Å². The summed E-state index contributed by atoms with van der Waals surface area (Å²) in [6, 6.07) is 0. The van der Waals surface area contributed by atoms with E-state index in [0.29, 0.717) is 0 Å². The first-order valence-corrected chi connectivity index (χ1v) is 0. The first-order chi connectivity index (χ1) is 0. The van der Waals surface area contributed by atoms with Crippen LogP contribution in [0.25, 0.3) is 0 Å². The van der Waals surface area contributed by atoms with Crippen LogP contribution in [0.3, 0.4) is 0 Å². The van der Waals surface area contributed by atoms with Crippen LogP contribution in [-0.4, -0.2) is 17.4 Å². The Hall–Kier alpha value is 2.00. The van der Waals surface area contributed by atoms with Crippen LogP contribution in [0.1, 0.15) is 0 Å². The Kier molecular flexibility index (Phi) is 474. The van der Waals surface area contributed by atoms with Gasteiger partial charge in [-0.15, -0.1) is 0 Å². The Labute approximate surface area is 81.7 Å². The van der Waals surface area contributed by atoms with Gasteiger partial charge in [-0.25, -0.2) is 0 Å². The summed E-state index contributed by atoms with van der Waals surface area (Å²) in [4.78, 5) is 0. The zero-order valence-electron chi connectivity index (χ0n) is 2.18. The van der Waals surface area contributed by atoms with Gasteiger partial charge < -0.3 is 16.4 Å². The molecular formula is AlEuO3. The topological polar surface area (TPSA) is 85.5 Å². The van der Waals surface area contributed by atoms with E-state index in [0.717, 1.165) is 0 Å². The van der Waals surface area contributed by atoms with Crippen molar-refractivity contribution in [3.63, 3.8) is 0 Å².